The van der Waals surface area contributed by atoms with E-state index < -0.39 is 0 Å². The van der Waals surface area contributed by atoms with Gasteiger partial charge in [0.1, 0.15) is 0 Å². The quantitative estimate of drug-likeness (QED) is 0.685. The van der Waals surface area contributed by atoms with Crippen LogP contribution in [0.5, 0.6) is 0 Å². The summed E-state index contributed by atoms with van der Waals surface area (Å²) >= 11 is 6.18. The van der Waals surface area contributed by atoms with E-state index in [4.69, 9.17) is 11.6 Å². The summed E-state index contributed by atoms with van der Waals surface area (Å²) in [7, 11) is 0. The molecule has 1 aromatic carbocycles. The molecule has 0 aliphatic rings. The molecule has 0 aliphatic heterocycles. The Morgan fingerprint density at radius 2 is 1.65 bits per heavy atom. The van der Waals surface area contributed by atoms with Crippen molar-refractivity contribution in [2.24, 2.45) is 0 Å². The van der Waals surface area contributed by atoms with E-state index in [2.05, 4.69) is 41.2 Å². The zero-order valence-corrected chi connectivity index (χ0v) is 12.7. The number of fused-ring (bicyclic) bond motifs is 1. The van der Waals surface area contributed by atoms with Crippen LogP contribution >= 0.6 is 11.6 Å². The van der Waals surface area contributed by atoms with Gasteiger partial charge < -0.3 is 0 Å². The summed E-state index contributed by atoms with van der Waals surface area (Å²) in [6.45, 7) is 8.10. The van der Waals surface area contributed by atoms with Gasteiger partial charge in [0.2, 0.25) is 0 Å². The summed E-state index contributed by atoms with van der Waals surface area (Å²) in [5.41, 5.74) is 5.94. The topological polar surface area (TPSA) is 43.1 Å². The number of aryl methyl sites for hydroxylation is 4. The highest BCUT2D eigenvalue weighted by molar-refractivity contribution is 6.32. The SMILES string of the molecule is Cc1cccc(C)c1-c1nnc2c(Cl)nc(C)c(C)n12. The van der Waals surface area contributed by atoms with Crippen LogP contribution in [-0.2, 0) is 0 Å². The monoisotopic (exact) mass is 286 g/mol. The largest absolute Gasteiger partial charge is 0.275 e. The average molecular weight is 287 g/mol. The van der Waals surface area contributed by atoms with Gasteiger partial charge in [-0.2, -0.15) is 0 Å². The maximum atomic E-state index is 6.18. The van der Waals surface area contributed by atoms with Gasteiger partial charge in [0, 0.05) is 11.3 Å². The lowest BCUT2D eigenvalue weighted by Gasteiger charge is -2.11. The molecule has 3 rings (SSSR count). The van der Waals surface area contributed by atoms with Crippen molar-refractivity contribution in [3.05, 3.63) is 45.9 Å². The molecule has 0 amide bonds. The van der Waals surface area contributed by atoms with Gasteiger partial charge in [-0.15, -0.1) is 10.2 Å². The summed E-state index contributed by atoms with van der Waals surface area (Å²) < 4.78 is 1.99. The van der Waals surface area contributed by atoms with Gasteiger partial charge in [0.25, 0.3) is 0 Å². The van der Waals surface area contributed by atoms with Crippen LogP contribution in [0, 0.1) is 27.7 Å². The maximum absolute atomic E-state index is 6.18. The molecule has 0 saturated heterocycles. The van der Waals surface area contributed by atoms with Gasteiger partial charge in [-0.25, -0.2) is 4.98 Å². The van der Waals surface area contributed by atoms with Crippen molar-refractivity contribution in [1.29, 1.82) is 0 Å². The first-order chi connectivity index (χ1) is 9.50. The van der Waals surface area contributed by atoms with Crippen LogP contribution in [0.15, 0.2) is 18.2 Å². The van der Waals surface area contributed by atoms with E-state index in [9.17, 15) is 0 Å². The number of benzene rings is 1. The average Bonchev–Trinajstić information content (AvgIpc) is 2.81. The highest BCUT2D eigenvalue weighted by Crippen LogP contribution is 2.28. The Labute approximate surface area is 122 Å². The van der Waals surface area contributed by atoms with Crippen LogP contribution < -0.4 is 0 Å². The number of halogens is 1. The molecule has 0 atom stereocenters. The van der Waals surface area contributed by atoms with E-state index in [1.165, 1.54) is 11.1 Å². The van der Waals surface area contributed by atoms with Crippen molar-refractivity contribution in [3.63, 3.8) is 0 Å². The lowest BCUT2D eigenvalue weighted by atomic mass is 10.0. The van der Waals surface area contributed by atoms with Crippen LogP contribution in [-0.4, -0.2) is 19.6 Å². The van der Waals surface area contributed by atoms with E-state index in [0.29, 0.717) is 10.8 Å². The van der Waals surface area contributed by atoms with Crippen molar-refractivity contribution < 1.29 is 0 Å². The highest BCUT2D eigenvalue weighted by Gasteiger charge is 2.17. The molecule has 0 radical (unpaired) electrons. The smallest absolute Gasteiger partial charge is 0.199 e. The fraction of sp³-hybridized carbons (Fsp3) is 0.267. The van der Waals surface area contributed by atoms with Gasteiger partial charge in [0.05, 0.1) is 5.69 Å². The van der Waals surface area contributed by atoms with Gasteiger partial charge in [0.15, 0.2) is 16.6 Å². The molecule has 102 valence electrons. The highest BCUT2D eigenvalue weighted by atomic mass is 35.5. The minimum Gasteiger partial charge on any atom is -0.275 e. The first kappa shape index (κ1) is 13.1. The summed E-state index contributed by atoms with van der Waals surface area (Å²) in [4.78, 5) is 4.30. The molecule has 0 spiro atoms. The summed E-state index contributed by atoms with van der Waals surface area (Å²) in [6, 6.07) is 6.20. The predicted octanol–water partition coefficient (Wildman–Crippen LogP) is 3.68. The van der Waals surface area contributed by atoms with Crippen LogP contribution in [0.25, 0.3) is 17.0 Å². The standard InChI is InChI=1S/C15H15ClN4/c1-8-6-5-7-9(2)12(8)14-18-19-15-13(16)17-10(3)11(4)20(14)15/h5-7H,1-4H3. The molecule has 4 nitrogen and oxygen atoms in total. The fourth-order valence-corrected chi connectivity index (χ4v) is 2.75. The van der Waals surface area contributed by atoms with Crippen LogP contribution in [0.1, 0.15) is 22.5 Å². The Bertz CT molecular complexity index is 800. The molecule has 0 saturated carbocycles. The minimum atomic E-state index is 0.387. The summed E-state index contributed by atoms with van der Waals surface area (Å²) in [5.74, 6) is 0.820. The van der Waals surface area contributed by atoms with E-state index in [1.54, 1.807) is 0 Å². The van der Waals surface area contributed by atoms with E-state index in [0.717, 1.165) is 22.8 Å². The number of hydrogen-bond acceptors (Lipinski definition) is 3. The second-order valence-electron chi connectivity index (χ2n) is 5.02. The third kappa shape index (κ3) is 1.79. The summed E-state index contributed by atoms with van der Waals surface area (Å²) in [6.07, 6.45) is 0. The molecule has 0 bridgehead atoms. The minimum absolute atomic E-state index is 0.387. The lowest BCUT2D eigenvalue weighted by molar-refractivity contribution is 0.997. The van der Waals surface area contributed by atoms with E-state index in [-0.39, 0.29) is 0 Å². The van der Waals surface area contributed by atoms with Crippen molar-refractivity contribution in [3.8, 4) is 11.4 Å². The third-order valence-electron chi connectivity index (χ3n) is 3.68. The van der Waals surface area contributed by atoms with Gasteiger partial charge in [-0.1, -0.05) is 29.8 Å². The Kier molecular flexibility index (Phi) is 2.98. The Morgan fingerprint density at radius 1 is 1.00 bits per heavy atom. The predicted molar refractivity (Wildman–Crippen MR) is 80.2 cm³/mol. The molecule has 0 fully saturated rings. The van der Waals surface area contributed by atoms with Crippen molar-refractivity contribution in [1.82, 2.24) is 19.6 Å². The number of nitrogens with zero attached hydrogens (tertiary/aromatic N) is 4. The molecule has 3 aromatic rings. The van der Waals surface area contributed by atoms with Crippen LogP contribution in [0.3, 0.4) is 0 Å². The molecular weight excluding hydrogens is 272 g/mol. The van der Waals surface area contributed by atoms with Crippen molar-refractivity contribution >= 4 is 17.2 Å². The molecule has 2 aromatic heterocycles. The Hall–Kier alpha value is -1.94. The molecule has 2 heterocycles. The normalized spacial score (nSPS) is 11.2. The second-order valence-corrected chi connectivity index (χ2v) is 5.38. The third-order valence-corrected chi connectivity index (χ3v) is 3.93. The summed E-state index contributed by atoms with van der Waals surface area (Å²) in [5, 5.41) is 8.92. The molecular formula is C15H15ClN4. The van der Waals surface area contributed by atoms with E-state index >= 15 is 0 Å². The zero-order valence-electron chi connectivity index (χ0n) is 11.9. The first-order valence-corrected chi connectivity index (χ1v) is 6.83. The second kappa shape index (κ2) is 4.56. The molecule has 20 heavy (non-hydrogen) atoms. The Morgan fingerprint density at radius 3 is 2.30 bits per heavy atom. The van der Waals surface area contributed by atoms with Gasteiger partial charge in [-0.05, 0) is 38.8 Å². The fourth-order valence-electron chi connectivity index (χ4n) is 2.50. The zero-order chi connectivity index (χ0) is 14.4. The van der Waals surface area contributed by atoms with Crippen molar-refractivity contribution in [2.45, 2.75) is 27.7 Å². The molecule has 0 aliphatic carbocycles. The molecule has 0 N–H and O–H groups in total. The molecule has 5 heteroatoms. The number of rotatable bonds is 1. The molecule has 0 unspecified atom stereocenters. The maximum Gasteiger partial charge on any atom is 0.199 e. The lowest BCUT2D eigenvalue weighted by Crippen LogP contribution is -2.02. The number of aromatic nitrogens is 4. The Balaban J connectivity index is 2.45. The number of hydrogen-bond donors (Lipinski definition) is 0. The first-order valence-electron chi connectivity index (χ1n) is 6.45. The van der Waals surface area contributed by atoms with Crippen molar-refractivity contribution in [2.75, 3.05) is 0 Å². The van der Waals surface area contributed by atoms with Gasteiger partial charge >= 0.3 is 0 Å². The van der Waals surface area contributed by atoms with Crippen LogP contribution in [0.4, 0.5) is 0 Å². The van der Waals surface area contributed by atoms with E-state index in [1.807, 2.05) is 24.3 Å². The van der Waals surface area contributed by atoms with Crippen LogP contribution in [0.2, 0.25) is 5.15 Å². The van der Waals surface area contributed by atoms with Gasteiger partial charge in [-0.3, -0.25) is 4.40 Å².